The minimum absolute atomic E-state index is 0.341. The van der Waals surface area contributed by atoms with E-state index < -0.39 is 0 Å². The van der Waals surface area contributed by atoms with E-state index in [-0.39, 0.29) is 5.97 Å². The molecule has 0 amide bonds. The van der Waals surface area contributed by atoms with E-state index in [4.69, 9.17) is 4.74 Å². The Labute approximate surface area is 117 Å². The number of benzene rings is 1. The van der Waals surface area contributed by atoms with Gasteiger partial charge >= 0.3 is 5.97 Å². The summed E-state index contributed by atoms with van der Waals surface area (Å²) in [7, 11) is 0. The van der Waals surface area contributed by atoms with E-state index >= 15 is 0 Å². The Morgan fingerprint density at radius 1 is 1.26 bits per heavy atom. The maximum absolute atomic E-state index is 11.7. The van der Waals surface area contributed by atoms with Crippen molar-refractivity contribution in [3.8, 4) is 10.4 Å². The second-order valence-corrected chi connectivity index (χ2v) is 5.20. The molecule has 3 nitrogen and oxygen atoms in total. The number of carbonyl (C=O) groups excluding carboxylic acids is 1. The van der Waals surface area contributed by atoms with Gasteiger partial charge in [-0.2, -0.15) is 0 Å². The van der Waals surface area contributed by atoms with Gasteiger partial charge in [0.05, 0.1) is 17.2 Å². The van der Waals surface area contributed by atoms with Gasteiger partial charge in [-0.25, -0.2) is 9.78 Å². The van der Waals surface area contributed by atoms with Gasteiger partial charge in [0.1, 0.15) is 0 Å². The first-order valence-corrected chi connectivity index (χ1v) is 7.21. The lowest BCUT2D eigenvalue weighted by Crippen LogP contribution is -2.03. The van der Waals surface area contributed by atoms with Gasteiger partial charge in [-0.1, -0.05) is 31.2 Å². The number of rotatable bonds is 4. The summed E-state index contributed by atoms with van der Waals surface area (Å²) >= 11 is 1.39. The van der Waals surface area contributed by atoms with E-state index in [1.54, 1.807) is 6.92 Å². The third-order valence-electron chi connectivity index (χ3n) is 2.87. The van der Waals surface area contributed by atoms with Crippen molar-refractivity contribution in [3.05, 3.63) is 40.5 Å². The van der Waals surface area contributed by atoms with Crippen molar-refractivity contribution in [3.63, 3.8) is 0 Å². The Morgan fingerprint density at radius 3 is 2.53 bits per heavy atom. The number of esters is 1. The first kappa shape index (κ1) is 13.7. The van der Waals surface area contributed by atoms with Crippen LogP contribution in [0.3, 0.4) is 0 Å². The molecule has 2 rings (SSSR count). The molecule has 2 aromatic rings. The molecular formula is C15H17NO2S. The smallest absolute Gasteiger partial charge is 0.367 e. The molecule has 0 saturated heterocycles. The summed E-state index contributed by atoms with van der Waals surface area (Å²) < 4.78 is 4.98. The van der Waals surface area contributed by atoms with Crippen LogP contribution in [0.25, 0.3) is 10.4 Å². The number of hydrogen-bond donors (Lipinski definition) is 0. The predicted octanol–water partition coefficient (Wildman–Crippen LogP) is 3.86. The molecule has 1 aromatic heterocycles. The number of hydrogen-bond acceptors (Lipinski definition) is 4. The van der Waals surface area contributed by atoms with E-state index in [1.165, 1.54) is 16.9 Å². The van der Waals surface area contributed by atoms with Gasteiger partial charge in [0, 0.05) is 0 Å². The van der Waals surface area contributed by atoms with Crippen molar-refractivity contribution >= 4 is 17.3 Å². The fourth-order valence-electron chi connectivity index (χ4n) is 1.84. The van der Waals surface area contributed by atoms with Crippen LogP contribution in [-0.4, -0.2) is 17.6 Å². The third-order valence-corrected chi connectivity index (χ3v) is 4.06. The van der Waals surface area contributed by atoms with Crippen LogP contribution in [0.5, 0.6) is 0 Å². The number of ether oxygens (including phenoxy) is 1. The summed E-state index contributed by atoms with van der Waals surface area (Å²) in [4.78, 5) is 17.0. The van der Waals surface area contributed by atoms with Gasteiger partial charge in [0.2, 0.25) is 5.01 Å². The summed E-state index contributed by atoms with van der Waals surface area (Å²) in [6.07, 6.45) is 1.02. The topological polar surface area (TPSA) is 39.2 Å². The molecular weight excluding hydrogens is 258 g/mol. The zero-order valence-corrected chi connectivity index (χ0v) is 12.2. The Balaban J connectivity index is 2.31. The van der Waals surface area contributed by atoms with E-state index in [2.05, 4.69) is 36.2 Å². The number of thiazole rings is 1. The van der Waals surface area contributed by atoms with E-state index in [1.807, 2.05) is 6.92 Å². The van der Waals surface area contributed by atoms with Crippen LogP contribution in [0.15, 0.2) is 24.3 Å². The number of aryl methyl sites for hydroxylation is 2. The van der Waals surface area contributed by atoms with E-state index in [9.17, 15) is 4.79 Å². The normalized spacial score (nSPS) is 10.5. The highest BCUT2D eigenvalue weighted by atomic mass is 32.1. The number of carbonyl (C=O) groups is 1. The number of aromatic nitrogens is 1. The van der Waals surface area contributed by atoms with E-state index in [0.717, 1.165) is 22.6 Å². The average molecular weight is 275 g/mol. The fraction of sp³-hybridized carbons (Fsp3) is 0.333. The molecule has 0 aliphatic rings. The highest BCUT2D eigenvalue weighted by Crippen LogP contribution is 2.30. The molecule has 0 aliphatic carbocycles. The first-order valence-electron chi connectivity index (χ1n) is 6.39. The van der Waals surface area contributed by atoms with Crippen LogP contribution in [0, 0.1) is 6.92 Å². The van der Waals surface area contributed by atoms with Crippen molar-refractivity contribution in [1.29, 1.82) is 0 Å². The highest BCUT2D eigenvalue weighted by Gasteiger charge is 2.16. The van der Waals surface area contributed by atoms with Crippen molar-refractivity contribution in [2.24, 2.45) is 0 Å². The fourth-order valence-corrected chi connectivity index (χ4v) is 2.80. The molecule has 0 saturated carbocycles. The van der Waals surface area contributed by atoms with Gasteiger partial charge in [-0.15, -0.1) is 11.3 Å². The molecule has 0 aliphatic heterocycles. The van der Waals surface area contributed by atoms with E-state index in [0.29, 0.717) is 11.6 Å². The van der Waals surface area contributed by atoms with Crippen LogP contribution in [-0.2, 0) is 11.2 Å². The molecule has 1 aromatic carbocycles. The van der Waals surface area contributed by atoms with Crippen molar-refractivity contribution in [2.75, 3.05) is 6.61 Å². The molecule has 0 bridgehead atoms. The van der Waals surface area contributed by atoms with Crippen molar-refractivity contribution in [2.45, 2.75) is 27.2 Å². The minimum atomic E-state index is -0.341. The molecule has 0 atom stereocenters. The molecule has 1 heterocycles. The van der Waals surface area contributed by atoms with Crippen LogP contribution in [0.4, 0.5) is 0 Å². The SMILES string of the molecule is CCOC(=O)c1nc(C)c(-c2ccc(CC)cc2)s1. The molecule has 0 unspecified atom stereocenters. The zero-order chi connectivity index (χ0) is 13.8. The van der Waals surface area contributed by atoms with Crippen LogP contribution in [0.2, 0.25) is 0 Å². The maximum atomic E-state index is 11.7. The van der Waals surface area contributed by atoms with Crippen molar-refractivity contribution in [1.82, 2.24) is 4.98 Å². The largest absolute Gasteiger partial charge is 0.461 e. The molecule has 4 heteroatoms. The molecule has 0 fully saturated rings. The number of nitrogens with zero attached hydrogens (tertiary/aromatic N) is 1. The van der Waals surface area contributed by atoms with Gasteiger partial charge in [-0.3, -0.25) is 0 Å². The lowest BCUT2D eigenvalue weighted by atomic mass is 10.1. The zero-order valence-electron chi connectivity index (χ0n) is 11.4. The second kappa shape index (κ2) is 5.97. The molecule has 19 heavy (non-hydrogen) atoms. The van der Waals surface area contributed by atoms with Gasteiger partial charge in [-0.05, 0) is 31.4 Å². The predicted molar refractivity (Wildman–Crippen MR) is 77.6 cm³/mol. The van der Waals surface area contributed by atoms with Crippen LogP contribution < -0.4 is 0 Å². The Morgan fingerprint density at radius 2 is 1.95 bits per heavy atom. The Kier molecular flexibility index (Phi) is 4.32. The minimum Gasteiger partial charge on any atom is -0.461 e. The van der Waals surface area contributed by atoms with Crippen LogP contribution >= 0.6 is 11.3 Å². The highest BCUT2D eigenvalue weighted by molar-refractivity contribution is 7.17. The van der Waals surface area contributed by atoms with Crippen LogP contribution in [0.1, 0.15) is 34.9 Å². The summed E-state index contributed by atoms with van der Waals surface area (Å²) in [6, 6.07) is 8.37. The standard InChI is InChI=1S/C15H17NO2S/c1-4-11-6-8-12(9-7-11)13-10(3)16-14(19-13)15(17)18-5-2/h6-9H,4-5H2,1-3H3. The molecule has 0 radical (unpaired) electrons. The van der Waals surface area contributed by atoms with Gasteiger partial charge in [0.15, 0.2) is 0 Å². The maximum Gasteiger partial charge on any atom is 0.367 e. The Bertz CT molecular complexity index is 572. The Hall–Kier alpha value is -1.68. The summed E-state index contributed by atoms with van der Waals surface area (Å²) in [5, 5.41) is 0.425. The summed E-state index contributed by atoms with van der Waals surface area (Å²) in [5.74, 6) is -0.341. The lowest BCUT2D eigenvalue weighted by Gasteiger charge is -2.00. The third kappa shape index (κ3) is 3.01. The molecule has 0 N–H and O–H groups in total. The average Bonchev–Trinajstić information content (AvgIpc) is 2.81. The van der Waals surface area contributed by atoms with Crippen molar-refractivity contribution < 1.29 is 9.53 Å². The summed E-state index contributed by atoms with van der Waals surface area (Å²) in [5.41, 5.74) is 3.27. The quantitative estimate of drug-likeness (QED) is 0.795. The molecule has 100 valence electrons. The monoisotopic (exact) mass is 275 g/mol. The second-order valence-electron chi connectivity index (χ2n) is 4.20. The molecule has 0 spiro atoms. The lowest BCUT2D eigenvalue weighted by molar-refractivity contribution is 0.0525. The van der Waals surface area contributed by atoms with Gasteiger partial charge < -0.3 is 4.74 Å². The summed E-state index contributed by atoms with van der Waals surface area (Å²) in [6.45, 7) is 6.22. The van der Waals surface area contributed by atoms with Gasteiger partial charge in [0.25, 0.3) is 0 Å². The first-order chi connectivity index (χ1) is 9.15.